The fraction of sp³-hybridized carbons (Fsp3) is 0.417. The van der Waals surface area contributed by atoms with Gasteiger partial charge in [-0.15, -0.1) is 0 Å². The normalized spacial score (nSPS) is 18.9. The third-order valence-corrected chi connectivity index (χ3v) is 5.01. The highest BCUT2D eigenvalue weighted by molar-refractivity contribution is 7.91. The van der Waals surface area contributed by atoms with Gasteiger partial charge < -0.3 is 10.0 Å². The molecule has 1 fully saturated rings. The first kappa shape index (κ1) is 12.4. The van der Waals surface area contributed by atoms with Crippen molar-refractivity contribution in [1.82, 2.24) is 9.38 Å². The summed E-state index contributed by atoms with van der Waals surface area (Å²) in [6, 6.07) is 5.62. The van der Waals surface area contributed by atoms with Gasteiger partial charge in [0.1, 0.15) is 5.65 Å². The van der Waals surface area contributed by atoms with Crippen molar-refractivity contribution in [3.05, 3.63) is 30.1 Å². The lowest BCUT2D eigenvalue weighted by Gasteiger charge is -2.27. The molecule has 0 aliphatic carbocycles. The van der Waals surface area contributed by atoms with Crippen molar-refractivity contribution in [2.24, 2.45) is 0 Å². The van der Waals surface area contributed by atoms with Gasteiger partial charge in [-0.25, -0.2) is 13.4 Å². The second-order valence-corrected chi connectivity index (χ2v) is 6.91. The Morgan fingerprint density at radius 1 is 1.26 bits per heavy atom. The van der Waals surface area contributed by atoms with Gasteiger partial charge in [0.2, 0.25) is 0 Å². The number of pyridine rings is 1. The van der Waals surface area contributed by atoms with Crippen molar-refractivity contribution in [2.45, 2.75) is 6.61 Å². The van der Waals surface area contributed by atoms with E-state index in [0.29, 0.717) is 24.6 Å². The van der Waals surface area contributed by atoms with Gasteiger partial charge in [0.15, 0.2) is 15.7 Å². The summed E-state index contributed by atoms with van der Waals surface area (Å²) >= 11 is 0. The summed E-state index contributed by atoms with van der Waals surface area (Å²) < 4.78 is 24.7. The van der Waals surface area contributed by atoms with Crippen LogP contribution in [0.1, 0.15) is 5.69 Å². The summed E-state index contributed by atoms with van der Waals surface area (Å²) in [7, 11) is -2.91. The zero-order valence-corrected chi connectivity index (χ0v) is 11.2. The lowest BCUT2D eigenvalue weighted by atomic mass is 10.4. The van der Waals surface area contributed by atoms with Crippen molar-refractivity contribution in [2.75, 3.05) is 29.5 Å². The van der Waals surface area contributed by atoms with Crippen LogP contribution in [0.5, 0.6) is 0 Å². The maximum atomic E-state index is 11.5. The molecule has 3 rings (SSSR count). The molecule has 0 radical (unpaired) electrons. The Kier molecular flexibility index (Phi) is 2.94. The molecule has 19 heavy (non-hydrogen) atoms. The molecular weight excluding hydrogens is 266 g/mol. The van der Waals surface area contributed by atoms with Crippen LogP contribution >= 0.6 is 0 Å². The number of hydrogen-bond acceptors (Lipinski definition) is 5. The SMILES string of the molecule is O=S1(=O)CCN(c2nc3ccccn3c2CO)CC1. The highest BCUT2D eigenvalue weighted by Gasteiger charge is 2.25. The summed E-state index contributed by atoms with van der Waals surface area (Å²) in [5.74, 6) is 0.973. The van der Waals surface area contributed by atoms with E-state index in [0.717, 1.165) is 5.65 Å². The molecule has 0 saturated carbocycles. The average Bonchev–Trinajstić information content (AvgIpc) is 2.77. The zero-order valence-electron chi connectivity index (χ0n) is 10.4. The van der Waals surface area contributed by atoms with E-state index in [-0.39, 0.29) is 18.1 Å². The van der Waals surface area contributed by atoms with E-state index < -0.39 is 9.84 Å². The fourth-order valence-electron chi connectivity index (χ4n) is 2.36. The second-order valence-electron chi connectivity index (χ2n) is 4.61. The summed E-state index contributed by atoms with van der Waals surface area (Å²) in [5, 5.41) is 9.53. The molecule has 2 aromatic rings. The standard InChI is InChI=1S/C12H15N3O3S/c16-9-10-12(13-11-3-1-2-4-15(10)11)14-5-7-19(17,18)8-6-14/h1-4,16H,5-9H2. The van der Waals surface area contributed by atoms with Gasteiger partial charge in [-0.2, -0.15) is 0 Å². The Hall–Kier alpha value is -1.60. The third-order valence-electron chi connectivity index (χ3n) is 3.40. The number of aliphatic hydroxyl groups is 1. The number of hydrogen-bond donors (Lipinski definition) is 1. The number of nitrogens with zero attached hydrogens (tertiary/aromatic N) is 3. The lowest BCUT2D eigenvalue weighted by Crippen LogP contribution is -2.40. The molecule has 0 spiro atoms. The molecule has 1 aliphatic rings. The molecule has 0 unspecified atom stereocenters. The number of aromatic nitrogens is 2. The minimum absolute atomic E-state index is 0.121. The lowest BCUT2D eigenvalue weighted by molar-refractivity contribution is 0.276. The molecule has 3 heterocycles. The molecule has 0 bridgehead atoms. The van der Waals surface area contributed by atoms with Crippen LogP contribution in [0.15, 0.2) is 24.4 Å². The summed E-state index contributed by atoms with van der Waals surface area (Å²) in [6.45, 7) is 0.738. The van der Waals surface area contributed by atoms with Gasteiger partial charge in [-0.05, 0) is 12.1 Å². The maximum absolute atomic E-state index is 11.5. The third kappa shape index (κ3) is 2.19. The molecular formula is C12H15N3O3S. The summed E-state index contributed by atoms with van der Waals surface area (Å²) in [5.41, 5.74) is 1.46. The Labute approximate surface area is 111 Å². The van der Waals surface area contributed by atoms with E-state index in [2.05, 4.69) is 4.98 Å². The van der Waals surface area contributed by atoms with E-state index in [1.165, 1.54) is 0 Å². The molecule has 7 heteroatoms. The molecule has 6 nitrogen and oxygen atoms in total. The van der Waals surface area contributed by atoms with Gasteiger partial charge in [-0.3, -0.25) is 4.40 Å². The number of aliphatic hydroxyl groups excluding tert-OH is 1. The van der Waals surface area contributed by atoms with Crippen LogP contribution in [-0.2, 0) is 16.4 Å². The molecule has 1 aliphatic heterocycles. The number of rotatable bonds is 2. The van der Waals surface area contributed by atoms with E-state index >= 15 is 0 Å². The monoisotopic (exact) mass is 281 g/mol. The van der Waals surface area contributed by atoms with Crippen molar-refractivity contribution >= 4 is 21.3 Å². The molecule has 0 amide bonds. The molecule has 2 aromatic heterocycles. The van der Waals surface area contributed by atoms with Crippen LogP contribution in [0.4, 0.5) is 5.82 Å². The zero-order chi connectivity index (χ0) is 13.5. The predicted molar refractivity (Wildman–Crippen MR) is 72.0 cm³/mol. The van der Waals surface area contributed by atoms with Crippen molar-refractivity contribution in [3.8, 4) is 0 Å². The number of fused-ring (bicyclic) bond motifs is 1. The van der Waals surface area contributed by atoms with E-state index in [9.17, 15) is 13.5 Å². The van der Waals surface area contributed by atoms with Gasteiger partial charge in [0, 0.05) is 19.3 Å². The Morgan fingerprint density at radius 3 is 2.68 bits per heavy atom. The molecule has 0 aromatic carbocycles. The van der Waals surface area contributed by atoms with E-state index in [4.69, 9.17) is 0 Å². The first-order valence-electron chi connectivity index (χ1n) is 6.13. The molecule has 0 atom stereocenters. The van der Waals surface area contributed by atoms with Crippen molar-refractivity contribution < 1.29 is 13.5 Å². The maximum Gasteiger partial charge on any atom is 0.153 e. The first-order chi connectivity index (χ1) is 9.11. The molecule has 1 N–H and O–H groups in total. The Morgan fingerprint density at radius 2 is 2.00 bits per heavy atom. The van der Waals surface area contributed by atoms with Gasteiger partial charge in [0.05, 0.1) is 23.8 Å². The quantitative estimate of drug-likeness (QED) is 0.842. The number of sulfone groups is 1. The summed E-state index contributed by atoms with van der Waals surface area (Å²) in [6.07, 6.45) is 1.85. The van der Waals surface area contributed by atoms with Crippen LogP contribution in [0.25, 0.3) is 5.65 Å². The number of imidazole rings is 1. The molecule has 1 saturated heterocycles. The topological polar surface area (TPSA) is 74.9 Å². The fourth-order valence-corrected chi connectivity index (χ4v) is 3.56. The molecule has 102 valence electrons. The first-order valence-corrected chi connectivity index (χ1v) is 7.95. The second kappa shape index (κ2) is 4.50. The van der Waals surface area contributed by atoms with Crippen molar-refractivity contribution in [3.63, 3.8) is 0 Å². The largest absolute Gasteiger partial charge is 0.390 e. The van der Waals surface area contributed by atoms with Gasteiger partial charge in [-0.1, -0.05) is 6.07 Å². The van der Waals surface area contributed by atoms with Crippen LogP contribution in [0.3, 0.4) is 0 Å². The smallest absolute Gasteiger partial charge is 0.153 e. The van der Waals surface area contributed by atoms with Crippen molar-refractivity contribution in [1.29, 1.82) is 0 Å². The van der Waals surface area contributed by atoms with Crippen LogP contribution < -0.4 is 4.90 Å². The van der Waals surface area contributed by atoms with Crippen LogP contribution in [-0.4, -0.2) is 47.5 Å². The highest BCUT2D eigenvalue weighted by Crippen LogP contribution is 2.23. The van der Waals surface area contributed by atoms with E-state index in [1.54, 1.807) is 0 Å². The predicted octanol–water partition coefficient (Wildman–Crippen LogP) is 0.0614. The minimum Gasteiger partial charge on any atom is -0.390 e. The Bertz CT molecular complexity index is 694. The van der Waals surface area contributed by atoms with E-state index in [1.807, 2.05) is 33.7 Å². The Balaban J connectivity index is 2.01. The van der Waals surface area contributed by atoms with Gasteiger partial charge >= 0.3 is 0 Å². The summed E-state index contributed by atoms with van der Waals surface area (Å²) in [4.78, 5) is 6.42. The van der Waals surface area contributed by atoms with Crippen LogP contribution in [0, 0.1) is 0 Å². The minimum atomic E-state index is -2.91. The number of anilines is 1. The highest BCUT2D eigenvalue weighted by atomic mass is 32.2. The average molecular weight is 281 g/mol. The van der Waals surface area contributed by atoms with Crippen LogP contribution in [0.2, 0.25) is 0 Å². The van der Waals surface area contributed by atoms with Gasteiger partial charge in [0.25, 0.3) is 0 Å².